The van der Waals surface area contributed by atoms with E-state index in [1.165, 1.54) is 244 Å². The third-order valence-corrected chi connectivity index (χ3v) is 18.1. The molecule has 0 aliphatic carbocycles. The largest absolute Gasteiger partial charge is 0.756 e. The molecule has 0 radical (unpaired) electrons. The van der Waals surface area contributed by atoms with Crippen molar-refractivity contribution in [3.63, 3.8) is 0 Å². The van der Waals surface area contributed by atoms with Crippen molar-refractivity contribution in [1.29, 1.82) is 0 Å². The molecular weight excluding hydrogens is 1150 g/mol. The molecule has 0 heterocycles. The fraction of sp³-hybridized carbons (Fsp3) is 0.802. The van der Waals surface area contributed by atoms with E-state index < -0.39 is 26.5 Å². The summed E-state index contributed by atoms with van der Waals surface area (Å²) in [5, 5.41) is 0. The van der Waals surface area contributed by atoms with Crippen LogP contribution in [0.4, 0.5) is 0 Å². The van der Waals surface area contributed by atoms with Gasteiger partial charge in [-0.15, -0.1) is 0 Å². The molecule has 2 unspecified atom stereocenters. The first kappa shape index (κ1) is 88.2. The number of carbonyl (C=O) groups excluding carboxylic acids is 2. The molecule has 0 spiro atoms. The summed E-state index contributed by atoms with van der Waals surface area (Å²) in [5.74, 6) is -0.828. The molecule has 0 aromatic carbocycles. The number of phosphoric ester groups is 1. The Bertz CT molecular complexity index is 1810. The van der Waals surface area contributed by atoms with Crippen molar-refractivity contribution in [1.82, 2.24) is 0 Å². The van der Waals surface area contributed by atoms with Gasteiger partial charge in [-0.1, -0.05) is 369 Å². The van der Waals surface area contributed by atoms with Crippen LogP contribution in [0, 0.1) is 0 Å². The van der Waals surface area contributed by atoms with Crippen molar-refractivity contribution in [2.75, 3.05) is 47.5 Å². The number of esters is 2. The maximum absolute atomic E-state index is 12.9. The SMILES string of the molecule is CC/C=C\C/C=C\C/C=C\C/C=C\C/C=C\C/C=C\C/C=C\CCCCCCCCCCCC(=O)OC(COC(=O)CCCCCCCCCCCCCCCCCCCCCCCCCCCCCCCCCCCCCC)COP(=O)([O-])OCC[N+](C)(C)C. The van der Waals surface area contributed by atoms with Gasteiger partial charge >= 0.3 is 11.9 Å². The molecule has 2 atom stereocenters. The molecule has 0 fully saturated rings. The molecular formula is C81H148NO8P. The molecule has 9 nitrogen and oxygen atoms in total. The van der Waals surface area contributed by atoms with Gasteiger partial charge in [-0.3, -0.25) is 14.2 Å². The zero-order valence-corrected chi connectivity index (χ0v) is 61.4. The van der Waals surface area contributed by atoms with Gasteiger partial charge in [0.25, 0.3) is 7.82 Å². The smallest absolute Gasteiger partial charge is 0.306 e. The Kier molecular flexibility index (Phi) is 69.3. The predicted octanol–water partition coefficient (Wildman–Crippen LogP) is 25.0. The number of ether oxygens (including phenoxy) is 2. The molecule has 0 bridgehead atoms. The summed E-state index contributed by atoms with van der Waals surface area (Å²) in [6.45, 7) is 4.17. The van der Waals surface area contributed by atoms with Gasteiger partial charge in [0.2, 0.25) is 0 Å². The van der Waals surface area contributed by atoms with E-state index in [-0.39, 0.29) is 32.0 Å². The Balaban J connectivity index is 3.97. The van der Waals surface area contributed by atoms with Crippen molar-refractivity contribution in [3.8, 4) is 0 Å². The lowest BCUT2D eigenvalue weighted by molar-refractivity contribution is -0.870. The lowest BCUT2D eigenvalue weighted by Gasteiger charge is -2.28. The Morgan fingerprint density at radius 3 is 0.934 bits per heavy atom. The molecule has 0 saturated heterocycles. The van der Waals surface area contributed by atoms with Gasteiger partial charge in [0, 0.05) is 12.8 Å². The molecule has 91 heavy (non-hydrogen) atoms. The van der Waals surface area contributed by atoms with E-state index in [1.807, 2.05) is 21.1 Å². The van der Waals surface area contributed by atoms with Gasteiger partial charge in [-0.25, -0.2) is 0 Å². The van der Waals surface area contributed by atoms with Crippen LogP contribution in [0.15, 0.2) is 85.1 Å². The standard InChI is InChI=1S/C81H148NO8P/c1-6-8-10-12-14-16-18-20-22-24-26-28-30-32-34-36-38-39-40-41-42-44-45-47-49-51-53-55-57-59-61-63-65-67-69-71-73-80(83)87-77-79(78-89-91(85,86)88-76-75-82(3,4)5)90-81(84)74-72-70-68-66-64-62-60-58-56-54-52-50-48-46-43-37-35-33-31-29-27-25-23-21-19-17-15-13-11-9-7-2/h9,11,15,17,21,23,27,29,33,35,43,46,50,52,79H,6-8,10,12-14,16,18-20,22,24-26,28,30-32,34,36-42,44-45,47-49,51,53-78H2,1-5H3/b11-9-,17-15-,23-21-,29-27-,35-33-,46-43-,52-50-. The third-order valence-electron chi connectivity index (χ3n) is 17.2. The van der Waals surface area contributed by atoms with Gasteiger partial charge in [0.1, 0.15) is 19.8 Å². The summed E-state index contributed by atoms with van der Waals surface area (Å²) in [7, 11) is 1.17. The normalized spacial score (nSPS) is 13.5. The number of unbranched alkanes of at least 4 members (excludes halogenated alkanes) is 44. The second-order valence-electron chi connectivity index (χ2n) is 27.4. The highest BCUT2D eigenvalue weighted by Crippen LogP contribution is 2.38. The first-order valence-electron chi connectivity index (χ1n) is 38.8. The highest BCUT2D eigenvalue weighted by molar-refractivity contribution is 7.45. The molecule has 0 amide bonds. The quantitative estimate of drug-likeness (QED) is 0.0195. The number of allylic oxidation sites excluding steroid dienone is 14. The first-order chi connectivity index (χ1) is 44.5. The molecule has 0 aliphatic rings. The lowest BCUT2D eigenvalue weighted by atomic mass is 10.0. The van der Waals surface area contributed by atoms with Crippen LogP contribution in [0.3, 0.4) is 0 Å². The van der Waals surface area contributed by atoms with Gasteiger partial charge < -0.3 is 27.9 Å². The number of nitrogens with zero attached hydrogens (tertiary/aromatic N) is 1. The summed E-state index contributed by atoms with van der Waals surface area (Å²) in [6, 6.07) is 0. The topological polar surface area (TPSA) is 111 Å². The zero-order chi connectivity index (χ0) is 66.2. The molecule has 0 rings (SSSR count). The number of likely N-dealkylation sites (N-methyl/N-ethyl adjacent to an activating group) is 1. The van der Waals surface area contributed by atoms with Gasteiger partial charge in [0.15, 0.2) is 6.10 Å². The molecule has 0 N–H and O–H groups in total. The van der Waals surface area contributed by atoms with Crippen LogP contribution < -0.4 is 4.89 Å². The van der Waals surface area contributed by atoms with Crippen LogP contribution in [0.1, 0.15) is 367 Å². The van der Waals surface area contributed by atoms with Crippen LogP contribution in [0.2, 0.25) is 0 Å². The third kappa shape index (κ3) is 76.1. The van der Waals surface area contributed by atoms with Crippen LogP contribution in [0.25, 0.3) is 0 Å². The van der Waals surface area contributed by atoms with Crippen LogP contribution in [-0.2, 0) is 32.7 Å². The Morgan fingerprint density at radius 1 is 0.352 bits per heavy atom. The Morgan fingerprint density at radius 2 is 0.626 bits per heavy atom. The maximum Gasteiger partial charge on any atom is 0.306 e. The zero-order valence-electron chi connectivity index (χ0n) is 60.5. The minimum absolute atomic E-state index is 0.0338. The molecule has 0 aromatic heterocycles. The number of hydrogen-bond donors (Lipinski definition) is 0. The van der Waals surface area contributed by atoms with E-state index in [2.05, 4.69) is 98.9 Å². The van der Waals surface area contributed by atoms with Crippen LogP contribution in [0.5, 0.6) is 0 Å². The van der Waals surface area contributed by atoms with Crippen LogP contribution in [-0.4, -0.2) is 70.0 Å². The number of phosphoric acid groups is 1. The number of carbonyl (C=O) groups is 2. The van der Waals surface area contributed by atoms with Crippen molar-refractivity contribution in [2.24, 2.45) is 0 Å². The summed E-state index contributed by atoms with van der Waals surface area (Å²) in [4.78, 5) is 38.1. The van der Waals surface area contributed by atoms with Crippen molar-refractivity contribution in [2.45, 2.75) is 373 Å². The predicted molar refractivity (Wildman–Crippen MR) is 393 cm³/mol. The summed E-state index contributed by atoms with van der Waals surface area (Å²) in [5.41, 5.74) is 0. The fourth-order valence-electron chi connectivity index (χ4n) is 11.3. The van der Waals surface area contributed by atoms with E-state index in [9.17, 15) is 19.0 Å². The minimum atomic E-state index is -4.65. The average Bonchev–Trinajstić information content (AvgIpc) is 3.30. The fourth-order valence-corrected chi connectivity index (χ4v) is 12.0. The maximum atomic E-state index is 12.9. The Labute approximate surface area is 564 Å². The summed E-state index contributed by atoms with van der Waals surface area (Å²) < 4.78 is 34.4. The van der Waals surface area contributed by atoms with Crippen molar-refractivity contribution < 1.29 is 42.1 Å². The minimum Gasteiger partial charge on any atom is -0.756 e. The summed E-state index contributed by atoms with van der Waals surface area (Å²) in [6.07, 6.45) is 98.4. The van der Waals surface area contributed by atoms with E-state index in [0.29, 0.717) is 17.4 Å². The van der Waals surface area contributed by atoms with Crippen molar-refractivity contribution in [3.05, 3.63) is 85.1 Å². The second-order valence-corrected chi connectivity index (χ2v) is 28.8. The van der Waals surface area contributed by atoms with E-state index in [0.717, 1.165) is 89.9 Å². The van der Waals surface area contributed by atoms with E-state index in [1.54, 1.807) is 0 Å². The second kappa shape index (κ2) is 71.5. The Hall–Kier alpha value is -2.81. The van der Waals surface area contributed by atoms with Crippen LogP contribution >= 0.6 is 7.82 Å². The number of hydrogen-bond acceptors (Lipinski definition) is 8. The van der Waals surface area contributed by atoms with E-state index >= 15 is 0 Å². The summed E-state index contributed by atoms with van der Waals surface area (Å²) >= 11 is 0. The highest BCUT2D eigenvalue weighted by Gasteiger charge is 2.22. The van der Waals surface area contributed by atoms with Gasteiger partial charge in [-0.2, -0.15) is 0 Å². The first-order valence-corrected chi connectivity index (χ1v) is 40.3. The molecule has 10 heteroatoms. The molecule has 0 aromatic rings. The molecule has 0 aliphatic heterocycles. The van der Waals surface area contributed by atoms with Gasteiger partial charge in [0.05, 0.1) is 27.7 Å². The molecule has 530 valence electrons. The number of quaternary nitrogens is 1. The number of rotatable bonds is 72. The highest BCUT2D eigenvalue weighted by atomic mass is 31.2. The molecule has 0 saturated carbocycles. The van der Waals surface area contributed by atoms with Crippen molar-refractivity contribution >= 4 is 19.8 Å². The lowest BCUT2D eigenvalue weighted by Crippen LogP contribution is -2.37. The average molecular weight is 1300 g/mol. The monoisotopic (exact) mass is 1290 g/mol. The van der Waals surface area contributed by atoms with Gasteiger partial charge in [-0.05, 0) is 70.6 Å². The van der Waals surface area contributed by atoms with E-state index in [4.69, 9.17) is 18.5 Å².